The van der Waals surface area contributed by atoms with E-state index in [2.05, 4.69) is 15.3 Å². The van der Waals surface area contributed by atoms with Crippen molar-refractivity contribution >= 4 is 33.4 Å². The Morgan fingerprint density at radius 3 is 2.60 bits per heavy atom. The molecule has 35 heavy (non-hydrogen) atoms. The Morgan fingerprint density at radius 2 is 2.00 bits per heavy atom. The average molecular weight is 532 g/mol. The van der Waals surface area contributed by atoms with E-state index in [-0.39, 0.29) is 45.7 Å². The van der Waals surface area contributed by atoms with Gasteiger partial charge in [0.2, 0.25) is 5.82 Å². The molecule has 1 unspecified atom stereocenters. The average Bonchev–Trinajstić information content (AvgIpc) is 3.61. The SMILES string of the molecule is C/C=S(C)\C=C\[C@@H](C)NC(=O)c1ncc(O[C@@H](C)c2cccc(F)c2Cl)c(C2(C(F)(F)F)CC2)n1. The van der Waals surface area contributed by atoms with Crippen molar-refractivity contribution in [3.05, 3.63) is 63.8 Å². The molecular weight excluding hydrogens is 506 g/mol. The third kappa shape index (κ3) is 6.03. The summed E-state index contributed by atoms with van der Waals surface area (Å²) < 4.78 is 61.6. The molecule has 1 aromatic heterocycles. The number of halogens is 5. The minimum absolute atomic E-state index is 0.0647. The van der Waals surface area contributed by atoms with Crippen LogP contribution in [0.25, 0.3) is 0 Å². The van der Waals surface area contributed by atoms with Crippen LogP contribution in [0.5, 0.6) is 5.75 Å². The number of hydrogen-bond donors (Lipinski definition) is 1. The summed E-state index contributed by atoms with van der Waals surface area (Å²) >= 11 is 6.01. The van der Waals surface area contributed by atoms with Crippen molar-refractivity contribution in [1.82, 2.24) is 15.3 Å². The van der Waals surface area contributed by atoms with Gasteiger partial charge in [0.1, 0.15) is 23.0 Å². The number of amides is 1. The highest BCUT2D eigenvalue weighted by molar-refractivity contribution is 8.16. The molecule has 1 saturated carbocycles. The molecule has 1 fully saturated rings. The second kappa shape index (κ2) is 10.7. The number of nitrogens with zero attached hydrogens (tertiary/aromatic N) is 2. The molecule has 0 spiro atoms. The van der Waals surface area contributed by atoms with Gasteiger partial charge in [-0.2, -0.15) is 23.7 Å². The van der Waals surface area contributed by atoms with Gasteiger partial charge in [-0.05, 0) is 51.3 Å². The van der Waals surface area contributed by atoms with Crippen molar-refractivity contribution in [2.24, 2.45) is 0 Å². The summed E-state index contributed by atoms with van der Waals surface area (Å²) in [7, 11) is -0.0647. The summed E-state index contributed by atoms with van der Waals surface area (Å²) in [6.45, 7) is 5.19. The van der Waals surface area contributed by atoms with Crippen LogP contribution in [0.1, 0.15) is 61.6 Å². The van der Waals surface area contributed by atoms with E-state index in [1.807, 2.05) is 24.0 Å². The first-order valence-electron chi connectivity index (χ1n) is 10.9. The van der Waals surface area contributed by atoms with Gasteiger partial charge in [0, 0.05) is 11.6 Å². The van der Waals surface area contributed by atoms with Crippen molar-refractivity contribution in [3.8, 4) is 5.75 Å². The van der Waals surface area contributed by atoms with Crippen molar-refractivity contribution in [2.45, 2.75) is 57.3 Å². The number of aromatic nitrogens is 2. The van der Waals surface area contributed by atoms with E-state index in [9.17, 15) is 22.4 Å². The molecule has 5 nitrogen and oxygen atoms in total. The third-order valence-corrected chi connectivity index (χ3v) is 7.47. The molecule has 0 radical (unpaired) electrons. The Morgan fingerprint density at radius 1 is 1.31 bits per heavy atom. The summed E-state index contributed by atoms with van der Waals surface area (Å²) in [5.41, 5.74) is -2.38. The monoisotopic (exact) mass is 531 g/mol. The Bertz CT molecular complexity index is 1170. The number of ether oxygens (including phenoxy) is 1. The number of benzene rings is 1. The quantitative estimate of drug-likeness (QED) is 0.318. The number of alkyl halides is 3. The maximum atomic E-state index is 14.0. The molecule has 3 atom stereocenters. The molecule has 2 aromatic rings. The lowest BCUT2D eigenvalue weighted by molar-refractivity contribution is -0.162. The molecule has 11 heteroatoms. The smallest absolute Gasteiger partial charge is 0.400 e. The Labute approximate surface area is 208 Å². The van der Waals surface area contributed by atoms with Crippen LogP contribution in [0.4, 0.5) is 17.6 Å². The van der Waals surface area contributed by atoms with E-state index in [4.69, 9.17) is 16.3 Å². The van der Waals surface area contributed by atoms with Crippen LogP contribution in [0.2, 0.25) is 5.02 Å². The summed E-state index contributed by atoms with van der Waals surface area (Å²) in [4.78, 5) is 20.7. The number of hydrogen-bond acceptors (Lipinski definition) is 4. The van der Waals surface area contributed by atoms with Gasteiger partial charge in [0.05, 0.1) is 11.2 Å². The first-order valence-corrected chi connectivity index (χ1v) is 13.0. The van der Waals surface area contributed by atoms with Gasteiger partial charge >= 0.3 is 6.18 Å². The third-order valence-electron chi connectivity index (χ3n) is 5.74. The lowest BCUT2D eigenvalue weighted by Gasteiger charge is -2.24. The van der Waals surface area contributed by atoms with E-state index in [0.29, 0.717) is 0 Å². The highest BCUT2D eigenvalue weighted by atomic mass is 35.5. The summed E-state index contributed by atoms with van der Waals surface area (Å²) in [5.74, 6) is -2.00. The summed E-state index contributed by atoms with van der Waals surface area (Å²) in [6, 6.07) is 3.73. The Hall–Kier alpha value is -2.46. The van der Waals surface area contributed by atoms with Crippen LogP contribution in [0, 0.1) is 5.82 Å². The van der Waals surface area contributed by atoms with E-state index >= 15 is 0 Å². The Kier molecular flexibility index (Phi) is 8.26. The van der Waals surface area contributed by atoms with Gasteiger partial charge in [-0.25, -0.2) is 14.4 Å². The fourth-order valence-electron chi connectivity index (χ4n) is 3.42. The molecule has 0 aliphatic heterocycles. The van der Waals surface area contributed by atoms with Crippen LogP contribution < -0.4 is 10.1 Å². The van der Waals surface area contributed by atoms with Gasteiger partial charge in [-0.1, -0.05) is 35.2 Å². The Balaban J connectivity index is 1.93. The number of rotatable bonds is 8. The zero-order valence-electron chi connectivity index (χ0n) is 19.6. The predicted octanol–water partition coefficient (Wildman–Crippen LogP) is 6.36. The van der Waals surface area contributed by atoms with Crippen LogP contribution in [-0.2, 0) is 5.41 Å². The van der Waals surface area contributed by atoms with E-state index < -0.39 is 40.9 Å². The largest absolute Gasteiger partial charge is 0.482 e. The van der Waals surface area contributed by atoms with E-state index in [0.717, 1.165) is 6.20 Å². The van der Waals surface area contributed by atoms with Crippen LogP contribution in [0.15, 0.2) is 35.9 Å². The lowest BCUT2D eigenvalue weighted by atomic mass is 10.0. The van der Waals surface area contributed by atoms with Gasteiger partial charge < -0.3 is 10.1 Å². The van der Waals surface area contributed by atoms with E-state index in [1.165, 1.54) is 25.1 Å². The fourth-order valence-corrected chi connectivity index (χ4v) is 4.34. The highest BCUT2D eigenvalue weighted by Crippen LogP contribution is 2.60. The zero-order valence-corrected chi connectivity index (χ0v) is 21.2. The molecule has 1 heterocycles. The van der Waals surface area contributed by atoms with Crippen molar-refractivity contribution in [3.63, 3.8) is 0 Å². The standard InChI is InChI=1S/C24H26ClF4N3O2S/c1-5-35(4)12-9-14(2)31-22(33)21-30-13-18(20(32-21)23(10-11-23)24(27,28)29)34-15(3)16-7-6-8-17(26)19(16)25/h5-9,12-15H,10-11H2,1-4H3,(H,31,33)/b12-9+/t14-,15+,35?/m1/s1. The molecule has 1 aliphatic carbocycles. The molecule has 1 aliphatic rings. The minimum Gasteiger partial charge on any atom is -0.482 e. The minimum atomic E-state index is -4.60. The maximum absolute atomic E-state index is 14.0. The predicted molar refractivity (Wildman–Crippen MR) is 131 cm³/mol. The highest BCUT2D eigenvalue weighted by Gasteiger charge is 2.66. The lowest BCUT2D eigenvalue weighted by Crippen LogP contribution is -2.35. The topological polar surface area (TPSA) is 64.1 Å². The molecule has 1 N–H and O–H groups in total. The van der Waals surface area contributed by atoms with Crippen molar-refractivity contribution < 1.29 is 27.1 Å². The fraction of sp³-hybridized carbons (Fsp3) is 0.417. The molecule has 3 rings (SSSR count). The second-order valence-electron chi connectivity index (χ2n) is 8.32. The molecule has 0 bridgehead atoms. The van der Waals surface area contributed by atoms with Crippen LogP contribution in [-0.4, -0.2) is 39.7 Å². The van der Waals surface area contributed by atoms with Crippen molar-refractivity contribution in [1.29, 1.82) is 0 Å². The molecule has 0 saturated heterocycles. The second-order valence-corrected chi connectivity index (χ2v) is 10.7. The van der Waals surface area contributed by atoms with Crippen LogP contribution in [0.3, 0.4) is 0 Å². The van der Waals surface area contributed by atoms with Gasteiger partial charge in [0.15, 0.2) is 5.75 Å². The zero-order chi connectivity index (χ0) is 26.0. The van der Waals surface area contributed by atoms with Crippen LogP contribution >= 0.6 is 22.1 Å². The van der Waals surface area contributed by atoms with Gasteiger partial charge in [-0.15, -0.1) is 0 Å². The maximum Gasteiger partial charge on any atom is 0.400 e. The molecule has 1 aromatic carbocycles. The van der Waals surface area contributed by atoms with Gasteiger partial charge in [0.25, 0.3) is 5.91 Å². The molecule has 1 amide bonds. The normalized spacial score (nSPS) is 17.7. The summed E-state index contributed by atoms with van der Waals surface area (Å²) in [5, 5.41) is 6.41. The van der Waals surface area contributed by atoms with Gasteiger partial charge in [-0.3, -0.25) is 4.79 Å². The molecule has 190 valence electrons. The number of carbonyl (C=O) groups is 1. The summed E-state index contributed by atoms with van der Waals surface area (Å²) in [6.07, 6.45) is -1.02. The first kappa shape index (κ1) is 27.1. The first-order chi connectivity index (χ1) is 16.4. The van der Waals surface area contributed by atoms with E-state index in [1.54, 1.807) is 13.0 Å². The molecular formula is C24H26ClF4N3O2S. The number of carbonyl (C=O) groups excluding carboxylic acids is 1. The number of nitrogens with one attached hydrogen (secondary N) is 1. The van der Waals surface area contributed by atoms with Crippen molar-refractivity contribution in [2.75, 3.05) is 6.26 Å².